The Morgan fingerprint density at radius 2 is 1.84 bits per heavy atom. The maximum absolute atomic E-state index is 13.4. The number of benzene rings is 1. The molecule has 3 amide bonds. The number of carbonyl (C=O) groups is 4. The van der Waals surface area contributed by atoms with Crippen molar-refractivity contribution in [1.29, 1.82) is 0 Å². The number of hydrogen-bond acceptors (Lipinski definition) is 6. The van der Waals surface area contributed by atoms with Gasteiger partial charge in [0.1, 0.15) is 18.2 Å². The summed E-state index contributed by atoms with van der Waals surface area (Å²) < 4.78 is 5.20. The molecule has 0 unspecified atom stereocenters. The number of carboxylic acids is 1. The van der Waals surface area contributed by atoms with E-state index in [-0.39, 0.29) is 24.8 Å². The molecular weight excluding hydrogens is 476 g/mol. The summed E-state index contributed by atoms with van der Waals surface area (Å²) in [6, 6.07) is 8.91. The van der Waals surface area contributed by atoms with Gasteiger partial charge < -0.3 is 30.3 Å². The number of piperidine rings is 1. The highest BCUT2D eigenvalue weighted by atomic mass is 16.5. The minimum atomic E-state index is -0.822. The molecule has 1 atom stereocenters. The molecule has 1 aromatic rings. The summed E-state index contributed by atoms with van der Waals surface area (Å²) >= 11 is 0. The van der Waals surface area contributed by atoms with Crippen molar-refractivity contribution in [2.75, 3.05) is 32.7 Å². The number of piperazine rings is 1. The van der Waals surface area contributed by atoms with E-state index in [4.69, 9.17) is 9.84 Å². The van der Waals surface area contributed by atoms with Crippen LogP contribution in [0.15, 0.2) is 30.3 Å². The molecule has 2 aliphatic heterocycles. The largest absolute Gasteiger partial charge is 0.481 e. The zero-order valence-corrected chi connectivity index (χ0v) is 21.7. The second-order valence-corrected chi connectivity index (χ2v) is 9.87. The van der Waals surface area contributed by atoms with Gasteiger partial charge in [0.15, 0.2) is 0 Å². The van der Waals surface area contributed by atoms with Crippen molar-refractivity contribution < 1.29 is 29.0 Å². The molecule has 37 heavy (non-hydrogen) atoms. The predicted molar refractivity (Wildman–Crippen MR) is 138 cm³/mol. The number of nitrogens with zero attached hydrogens (tertiary/aromatic N) is 2. The van der Waals surface area contributed by atoms with E-state index < -0.39 is 23.6 Å². The lowest BCUT2D eigenvalue weighted by Crippen LogP contribution is -2.72. The molecule has 0 aromatic heterocycles. The van der Waals surface area contributed by atoms with Crippen molar-refractivity contribution in [3.63, 3.8) is 0 Å². The van der Waals surface area contributed by atoms with E-state index in [1.54, 1.807) is 4.90 Å². The Hall–Kier alpha value is -3.14. The van der Waals surface area contributed by atoms with Crippen LogP contribution in [0.1, 0.15) is 63.9 Å². The quantitative estimate of drug-likeness (QED) is 0.344. The fourth-order valence-electron chi connectivity index (χ4n) is 5.15. The number of carbonyl (C=O) groups excluding carboxylic acids is 3. The van der Waals surface area contributed by atoms with Crippen molar-refractivity contribution in [3.05, 3.63) is 35.9 Å². The van der Waals surface area contributed by atoms with E-state index in [0.717, 1.165) is 12.0 Å². The Morgan fingerprint density at radius 3 is 2.51 bits per heavy atom. The van der Waals surface area contributed by atoms with Gasteiger partial charge in [-0.05, 0) is 57.1 Å². The SMILES string of the molecule is CCCN1C(=O)[C@H](CCCCNC(=O)OCc2ccccc2)NC(=O)C12CCN(CCCC(=O)O)CC2. The number of hydrogen-bond donors (Lipinski definition) is 3. The van der Waals surface area contributed by atoms with Crippen LogP contribution >= 0.6 is 0 Å². The molecule has 0 saturated carbocycles. The van der Waals surface area contributed by atoms with Gasteiger partial charge in [-0.25, -0.2) is 4.79 Å². The molecule has 3 N–H and O–H groups in total. The van der Waals surface area contributed by atoms with Gasteiger partial charge in [-0.15, -0.1) is 0 Å². The van der Waals surface area contributed by atoms with Crippen LogP contribution in [-0.2, 0) is 25.7 Å². The van der Waals surface area contributed by atoms with E-state index in [1.165, 1.54) is 0 Å². The van der Waals surface area contributed by atoms with Gasteiger partial charge in [0.2, 0.25) is 11.8 Å². The molecule has 0 aliphatic carbocycles. The minimum absolute atomic E-state index is 0.0315. The first kappa shape index (κ1) is 28.4. The number of likely N-dealkylation sites (tertiary alicyclic amines) is 1. The minimum Gasteiger partial charge on any atom is -0.481 e. The highest BCUT2D eigenvalue weighted by molar-refractivity contribution is 6.00. The number of rotatable bonds is 13. The Bertz CT molecular complexity index is 917. The molecule has 3 rings (SSSR count). The van der Waals surface area contributed by atoms with Gasteiger partial charge in [0.05, 0.1) is 0 Å². The fraction of sp³-hybridized carbons (Fsp3) is 0.630. The lowest BCUT2D eigenvalue weighted by molar-refractivity contribution is -0.161. The molecule has 1 aromatic carbocycles. The summed E-state index contributed by atoms with van der Waals surface area (Å²) in [6.07, 6.45) is 3.98. The van der Waals surface area contributed by atoms with Crippen LogP contribution in [0.2, 0.25) is 0 Å². The summed E-state index contributed by atoms with van der Waals surface area (Å²) in [5, 5.41) is 14.6. The average Bonchev–Trinajstić information content (AvgIpc) is 2.89. The Labute approximate surface area is 218 Å². The lowest BCUT2D eigenvalue weighted by atomic mass is 9.81. The van der Waals surface area contributed by atoms with E-state index in [9.17, 15) is 19.2 Å². The number of carboxylic acid groups (broad SMARTS) is 1. The summed E-state index contributed by atoms with van der Waals surface area (Å²) in [6.45, 7) is 5.20. The van der Waals surface area contributed by atoms with Gasteiger partial charge in [-0.2, -0.15) is 0 Å². The number of amides is 3. The molecule has 204 valence electrons. The molecule has 0 radical (unpaired) electrons. The standard InChI is InChI=1S/C27H40N4O6/c1-2-16-31-24(34)22(11-6-7-15-28-26(36)37-20-21-9-4-3-5-10-21)29-25(35)27(31)13-18-30(19-14-27)17-8-12-23(32)33/h3-5,9-10,22H,2,6-8,11-20H2,1H3,(H,28,36)(H,29,35)(H,32,33)/t22-/m0/s1. The van der Waals surface area contributed by atoms with E-state index >= 15 is 0 Å². The Kier molecular flexibility index (Phi) is 10.7. The summed E-state index contributed by atoms with van der Waals surface area (Å²) in [5.41, 5.74) is 0.0965. The highest BCUT2D eigenvalue weighted by Gasteiger charge is 2.52. The van der Waals surface area contributed by atoms with Crippen LogP contribution < -0.4 is 10.6 Å². The second kappa shape index (κ2) is 14.0. The van der Waals surface area contributed by atoms with Crippen molar-refractivity contribution in [3.8, 4) is 0 Å². The monoisotopic (exact) mass is 516 g/mol. The summed E-state index contributed by atoms with van der Waals surface area (Å²) in [7, 11) is 0. The molecule has 2 saturated heterocycles. The molecular formula is C27H40N4O6. The van der Waals surface area contributed by atoms with Crippen LogP contribution in [0.3, 0.4) is 0 Å². The first-order valence-electron chi connectivity index (χ1n) is 13.4. The molecule has 2 aliphatic rings. The molecule has 10 heteroatoms. The first-order chi connectivity index (χ1) is 17.9. The third-order valence-corrected chi connectivity index (χ3v) is 7.21. The topological polar surface area (TPSA) is 128 Å². The molecule has 1 spiro atoms. The number of alkyl carbamates (subject to hydrolysis) is 1. The van der Waals surface area contributed by atoms with Gasteiger partial charge in [-0.3, -0.25) is 14.4 Å². The van der Waals surface area contributed by atoms with Crippen LogP contribution in [0.4, 0.5) is 4.79 Å². The van der Waals surface area contributed by atoms with Crippen LogP contribution in [-0.4, -0.2) is 83.1 Å². The number of ether oxygens (including phenoxy) is 1. The number of aliphatic carboxylic acids is 1. The summed E-state index contributed by atoms with van der Waals surface area (Å²) in [5.74, 6) is -0.918. The molecule has 10 nitrogen and oxygen atoms in total. The van der Waals surface area contributed by atoms with Crippen LogP contribution in [0, 0.1) is 0 Å². The summed E-state index contributed by atoms with van der Waals surface area (Å²) in [4.78, 5) is 53.4. The van der Waals surface area contributed by atoms with Crippen molar-refractivity contribution >= 4 is 23.9 Å². The highest BCUT2D eigenvalue weighted by Crippen LogP contribution is 2.34. The molecule has 0 bridgehead atoms. The number of unbranched alkanes of at least 4 members (excludes halogenated alkanes) is 1. The smallest absolute Gasteiger partial charge is 0.407 e. The Balaban J connectivity index is 1.42. The van der Waals surface area contributed by atoms with Gasteiger partial charge in [0.25, 0.3) is 0 Å². The normalized spacial score (nSPS) is 19.5. The van der Waals surface area contributed by atoms with Crippen LogP contribution in [0.25, 0.3) is 0 Å². The Morgan fingerprint density at radius 1 is 1.11 bits per heavy atom. The second-order valence-electron chi connectivity index (χ2n) is 9.87. The molecule has 2 fully saturated rings. The number of nitrogens with one attached hydrogen (secondary N) is 2. The maximum atomic E-state index is 13.4. The van der Waals surface area contributed by atoms with E-state index in [1.807, 2.05) is 37.3 Å². The van der Waals surface area contributed by atoms with Crippen molar-refractivity contribution in [1.82, 2.24) is 20.4 Å². The zero-order valence-electron chi connectivity index (χ0n) is 21.7. The maximum Gasteiger partial charge on any atom is 0.407 e. The average molecular weight is 517 g/mol. The van der Waals surface area contributed by atoms with E-state index in [0.29, 0.717) is 71.2 Å². The third-order valence-electron chi connectivity index (χ3n) is 7.21. The van der Waals surface area contributed by atoms with Crippen molar-refractivity contribution in [2.24, 2.45) is 0 Å². The predicted octanol–water partition coefficient (Wildman–Crippen LogP) is 2.52. The first-order valence-corrected chi connectivity index (χ1v) is 13.4. The van der Waals surface area contributed by atoms with Gasteiger partial charge in [-0.1, -0.05) is 37.3 Å². The van der Waals surface area contributed by atoms with E-state index in [2.05, 4.69) is 15.5 Å². The van der Waals surface area contributed by atoms with Gasteiger partial charge in [0, 0.05) is 32.6 Å². The lowest BCUT2D eigenvalue weighted by Gasteiger charge is -2.51. The van der Waals surface area contributed by atoms with Gasteiger partial charge >= 0.3 is 12.1 Å². The van der Waals surface area contributed by atoms with Crippen LogP contribution in [0.5, 0.6) is 0 Å². The zero-order chi connectivity index (χ0) is 26.7. The van der Waals surface area contributed by atoms with Crippen molar-refractivity contribution in [2.45, 2.75) is 76.5 Å². The third kappa shape index (κ3) is 7.92. The fourth-order valence-corrected chi connectivity index (χ4v) is 5.15. The molecule has 2 heterocycles.